The molecule has 0 saturated carbocycles. The topological polar surface area (TPSA) is 97.6 Å². The normalized spacial score (nSPS) is 30.3. The molecule has 0 aliphatic carbocycles. The summed E-state index contributed by atoms with van der Waals surface area (Å²) in [6.07, 6.45) is -5.45. The van der Waals surface area contributed by atoms with E-state index in [-0.39, 0.29) is 0 Å². The largest absolute Gasteiger partial charge is 0.394 e. The summed E-state index contributed by atoms with van der Waals surface area (Å²) >= 11 is 0. The Hall–Kier alpha value is -1.06. The Balaban J connectivity index is 2.04. The van der Waals surface area contributed by atoms with Crippen molar-refractivity contribution in [1.29, 1.82) is 0 Å². The Morgan fingerprint density at radius 3 is 2.30 bits per heavy atom. The maximum Gasteiger partial charge on any atom is 0.187 e. The van der Waals surface area contributed by atoms with Gasteiger partial charge in [0.15, 0.2) is 6.29 Å². The van der Waals surface area contributed by atoms with Gasteiger partial charge in [0.1, 0.15) is 30.5 Å². The fourth-order valence-corrected chi connectivity index (χ4v) is 2.65. The van der Waals surface area contributed by atoms with Gasteiger partial charge in [-0.2, -0.15) is 0 Å². The molecule has 1 aliphatic heterocycles. The van der Waals surface area contributed by atoms with E-state index in [1.54, 1.807) is 0 Å². The predicted octanol–water partition coefficient (Wildman–Crippen LogP) is -0.328. The van der Waals surface area contributed by atoms with Crippen molar-refractivity contribution in [3.05, 3.63) is 35.9 Å². The zero-order valence-electron chi connectivity index (χ0n) is 13.2. The van der Waals surface area contributed by atoms with Crippen molar-refractivity contribution in [2.45, 2.75) is 43.4 Å². The molecule has 1 aromatic carbocycles. The molecule has 23 heavy (non-hydrogen) atoms. The summed E-state index contributed by atoms with van der Waals surface area (Å²) < 4.78 is 22.1. The zero-order chi connectivity index (χ0) is 16.8. The summed E-state index contributed by atoms with van der Waals surface area (Å²) in [5.41, 5.74) is 0.972. The minimum Gasteiger partial charge on any atom is -0.394 e. The van der Waals surface area contributed by atoms with E-state index in [4.69, 9.17) is 24.1 Å². The maximum absolute atomic E-state index is 10.1. The van der Waals surface area contributed by atoms with Crippen LogP contribution >= 0.6 is 0 Å². The first-order chi connectivity index (χ1) is 11.1. The van der Waals surface area contributed by atoms with Gasteiger partial charge in [-0.25, -0.2) is 0 Å². The van der Waals surface area contributed by atoms with E-state index in [1.165, 1.54) is 14.2 Å². The summed E-state index contributed by atoms with van der Waals surface area (Å²) in [6, 6.07) is 9.57. The molecule has 1 heterocycles. The number of ether oxygens (including phenoxy) is 4. The number of methoxy groups -OCH3 is 2. The van der Waals surface area contributed by atoms with Crippen molar-refractivity contribution in [3.8, 4) is 0 Å². The van der Waals surface area contributed by atoms with Gasteiger partial charge in [-0.3, -0.25) is 0 Å². The van der Waals surface area contributed by atoms with Gasteiger partial charge in [0.25, 0.3) is 0 Å². The minimum absolute atomic E-state index is 0.313. The van der Waals surface area contributed by atoms with Crippen LogP contribution in [0.15, 0.2) is 30.3 Å². The molecule has 6 unspecified atom stereocenters. The van der Waals surface area contributed by atoms with Crippen molar-refractivity contribution in [3.63, 3.8) is 0 Å². The maximum atomic E-state index is 10.1. The Morgan fingerprint density at radius 2 is 1.74 bits per heavy atom. The van der Waals surface area contributed by atoms with Gasteiger partial charge in [0.05, 0.1) is 13.2 Å². The molecule has 6 atom stereocenters. The van der Waals surface area contributed by atoms with Crippen molar-refractivity contribution in [2.24, 2.45) is 0 Å². The lowest BCUT2D eigenvalue weighted by Crippen LogP contribution is -2.47. The molecule has 1 fully saturated rings. The highest BCUT2D eigenvalue weighted by Gasteiger charge is 2.50. The van der Waals surface area contributed by atoms with Gasteiger partial charge in [-0.1, -0.05) is 30.3 Å². The highest BCUT2D eigenvalue weighted by Crippen LogP contribution is 2.30. The van der Waals surface area contributed by atoms with E-state index in [0.717, 1.165) is 5.56 Å². The summed E-state index contributed by atoms with van der Waals surface area (Å²) in [7, 11) is 2.96. The van der Waals surface area contributed by atoms with Crippen LogP contribution in [-0.2, 0) is 25.6 Å². The van der Waals surface area contributed by atoms with E-state index in [0.29, 0.717) is 6.61 Å². The number of benzene rings is 1. The second-order valence-electron chi connectivity index (χ2n) is 5.41. The lowest BCUT2D eigenvalue weighted by molar-refractivity contribution is -0.196. The van der Waals surface area contributed by atoms with E-state index in [9.17, 15) is 10.2 Å². The Bertz CT molecular complexity index is 455. The molecule has 0 bridgehead atoms. The second-order valence-corrected chi connectivity index (χ2v) is 5.41. The summed E-state index contributed by atoms with van der Waals surface area (Å²) in [6.45, 7) is -0.266. The smallest absolute Gasteiger partial charge is 0.187 e. The first-order valence-corrected chi connectivity index (χ1v) is 7.46. The third-order valence-electron chi connectivity index (χ3n) is 3.93. The lowest BCUT2D eigenvalue weighted by Gasteiger charge is -2.26. The molecule has 3 N–H and O–H groups in total. The number of aliphatic hydroxyl groups excluding tert-OH is 3. The average molecular weight is 328 g/mol. The van der Waals surface area contributed by atoms with E-state index < -0.39 is 43.4 Å². The van der Waals surface area contributed by atoms with Gasteiger partial charge in [0, 0.05) is 14.2 Å². The van der Waals surface area contributed by atoms with Gasteiger partial charge < -0.3 is 34.3 Å². The standard InChI is InChI=1S/C16H24O7/c1-20-14-13(12(19)11(18)8-17)23-16(15(14)21-2)22-9-10-6-4-3-5-7-10/h3-7,11-19H,8-9H2,1-2H3. The molecule has 7 nitrogen and oxygen atoms in total. The molecular weight excluding hydrogens is 304 g/mol. The third-order valence-corrected chi connectivity index (χ3v) is 3.93. The van der Waals surface area contributed by atoms with Crippen LogP contribution in [0.4, 0.5) is 0 Å². The zero-order valence-corrected chi connectivity index (χ0v) is 13.2. The summed E-state index contributed by atoms with van der Waals surface area (Å²) in [5.74, 6) is 0. The van der Waals surface area contributed by atoms with Crippen LogP contribution in [-0.4, -0.2) is 73.0 Å². The molecule has 1 saturated heterocycles. The first kappa shape index (κ1) is 18.3. The average Bonchev–Trinajstić information content (AvgIpc) is 2.96. The van der Waals surface area contributed by atoms with Gasteiger partial charge in [-0.15, -0.1) is 0 Å². The molecule has 7 heteroatoms. The monoisotopic (exact) mass is 328 g/mol. The predicted molar refractivity (Wildman–Crippen MR) is 80.6 cm³/mol. The minimum atomic E-state index is -1.33. The van der Waals surface area contributed by atoms with Crippen LogP contribution in [0.1, 0.15) is 5.56 Å². The van der Waals surface area contributed by atoms with Crippen molar-refractivity contribution >= 4 is 0 Å². The molecule has 2 rings (SSSR count). The molecule has 130 valence electrons. The first-order valence-electron chi connectivity index (χ1n) is 7.46. The van der Waals surface area contributed by atoms with Crippen LogP contribution in [0.2, 0.25) is 0 Å². The van der Waals surface area contributed by atoms with Gasteiger partial charge >= 0.3 is 0 Å². The molecule has 0 spiro atoms. The summed E-state index contributed by atoms with van der Waals surface area (Å²) in [5, 5.41) is 28.7. The van der Waals surface area contributed by atoms with Crippen LogP contribution < -0.4 is 0 Å². The van der Waals surface area contributed by atoms with Gasteiger partial charge in [-0.05, 0) is 5.56 Å². The number of rotatable bonds is 8. The van der Waals surface area contributed by atoms with E-state index >= 15 is 0 Å². The quantitative estimate of drug-likeness (QED) is 0.601. The van der Waals surface area contributed by atoms with Crippen molar-refractivity contribution in [1.82, 2.24) is 0 Å². The SMILES string of the molecule is COC1C(OCc2ccccc2)OC(C(O)C(O)CO)C1OC. The number of aliphatic hydroxyl groups is 3. The van der Waals surface area contributed by atoms with Crippen LogP contribution in [0, 0.1) is 0 Å². The molecular formula is C16H24O7. The third kappa shape index (κ3) is 4.27. The molecule has 1 aliphatic rings. The van der Waals surface area contributed by atoms with Crippen molar-refractivity contribution in [2.75, 3.05) is 20.8 Å². The lowest BCUT2D eigenvalue weighted by atomic mass is 10.0. The molecule has 1 aromatic rings. The van der Waals surface area contributed by atoms with Crippen LogP contribution in [0.3, 0.4) is 0 Å². The Morgan fingerprint density at radius 1 is 1.09 bits per heavy atom. The number of hydrogen-bond donors (Lipinski definition) is 3. The highest BCUT2D eigenvalue weighted by atomic mass is 16.7. The van der Waals surface area contributed by atoms with E-state index in [1.807, 2.05) is 30.3 Å². The fourth-order valence-electron chi connectivity index (χ4n) is 2.65. The second kappa shape index (κ2) is 8.70. The van der Waals surface area contributed by atoms with Crippen LogP contribution in [0.5, 0.6) is 0 Å². The molecule has 0 radical (unpaired) electrons. The van der Waals surface area contributed by atoms with Crippen molar-refractivity contribution < 1.29 is 34.3 Å². The Kier molecular flexibility index (Phi) is 6.91. The summed E-state index contributed by atoms with van der Waals surface area (Å²) in [4.78, 5) is 0. The number of hydrogen-bond acceptors (Lipinski definition) is 7. The molecule has 0 amide bonds. The molecule has 0 aromatic heterocycles. The highest BCUT2D eigenvalue weighted by molar-refractivity contribution is 5.13. The fraction of sp³-hybridized carbons (Fsp3) is 0.625. The van der Waals surface area contributed by atoms with Crippen LogP contribution in [0.25, 0.3) is 0 Å². The Labute approximate surface area is 135 Å². The van der Waals surface area contributed by atoms with E-state index in [2.05, 4.69) is 0 Å². The van der Waals surface area contributed by atoms with Gasteiger partial charge in [0.2, 0.25) is 0 Å².